The van der Waals surface area contributed by atoms with Crippen LogP contribution in [0.4, 0.5) is 4.79 Å². The van der Waals surface area contributed by atoms with Crippen molar-refractivity contribution in [3.8, 4) is 0 Å². The molecule has 1 aliphatic rings. The van der Waals surface area contributed by atoms with Gasteiger partial charge in [0.2, 0.25) is 0 Å². The summed E-state index contributed by atoms with van der Waals surface area (Å²) < 4.78 is 6.28. The van der Waals surface area contributed by atoms with Gasteiger partial charge in [0.1, 0.15) is 5.60 Å². The number of hydrogen-bond acceptors (Lipinski definition) is 2. The fraction of sp³-hybridized carbons (Fsp3) is 0.800. The summed E-state index contributed by atoms with van der Waals surface area (Å²) in [7, 11) is 0. The number of cyclic esters (lactones) is 1. The SMILES string of the molecule is CC1(C)CN(Br)C(=O)O1. The van der Waals surface area contributed by atoms with E-state index in [4.69, 9.17) is 4.74 Å². The Kier molecular flexibility index (Phi) is 1.42. The van der Waals surface area contributed by atoms with Crippen LogP contribution in [0.15, 0.2) is 0 Å². The van der Waals surface area contributed by atoms with Crippen LogP contribution in [0, 0.1) is 0 Å². The van der Waals surface area contributed by atoms with Crippen molar-refractivity contribution in [1.29, 1.82) is 0 Å². The van der Waals surface area contributed by atoms with Crippen LogP contribution >= 0.6 is 16.1 Å². The minimum Gasteiger partial charge on any atom is -0.441 e. The van der Waals surface area contributed by atoms with E-state index in [0.717, 1.165) is 0 Å². The molecule has 1 amide bonds. The lowest BCUT2D eigenvalue weighted by atomic mass is 10.1. The van der Waals surface area contributed by atoms with E-state index >= 15 is 0 Å². The minimum absolute atomic E-state index is 0.306. The molecular formula is C5H8BrNO2. The maximum atomic E-state index is 10.6. The van der Waals surface area contributed by atoms with E-state index in [1.165, 1.54) is 3.93 Å². The first-order chi connectivity index (χ1) is 4.01. The van der Waals surface area contributed by atoms with Gasteiger partial charge in [-0.05, 0) is 13.8 Å². The number of halogens is 1. The summed E-state index contributed by atoms with van der Waals surface area (Å²) in [4.78, 5) is 10.6. The Morgan fingerprint density at radius 2 is 2.33 bits per heavy atom. The molecule has 1 fully saturated rings. The van der Waals surface area contributed by atoms with Crippen molar-refractivity contribution in [3.05, 3.63) is 0 Å². The standard InChI is InChI=1S/C5H8BrNO2/c1-5(2)3-7(6)4(8)9-5/h3H2,1-2H3. The number of carbonyl (C=O) groups is 1. The monoisotopic (exact) mass is 193 g/mol. The Morgan fingerprint density at radius 1 is 1.78 bits per heavy atom. The summed E-state index contributed by atoms with van der Waals surface area (Å²) in [5.41, 5.74) is -0.333. The second-order valence-corrected chi connectivity index (χ2v) is 3.50. The van der Waals surface area contributed by atoms with Crippen LogP contribution in [0.1, 0.15) is 13.8 Å². The van der Waals surface area contributed by atoms with Crippen LogP contribution in [-0.2, 0) is 4.74 Å². The fourth-order valence-electron chi connectivity index (χ4n) is 0.717. The normalized spacial score (nSPS) is 24.3. The smallest absolute Gasteiger partial charge is 0.420 e. The van der Waals surface area contributed by atoms with Crippen LogP contribution in [0.2, 0.25) is 0 Å². The molecule has 9 heavy (non-hydrogen) atoms. The molecule has 0 atom stereocenters. The molecule has 0 saturated carbocycles. The first kappa shape index (κ1) is 6.86. The Labute approximate surface area is 62.3 Å². The number of nitrogens with zero attached hydrogens (tertiary/aromatic N) is 1. The predicted octanol–water partition coefficient (Wildman–Crippen LogP) is 1.53. The van der Waals surface area contributed by atoms with Gasteiger partial charge in [-0.1, -0.05) is 0 Å². The number of rotatable bonds is 0. The summed E-state index contributed by atoms with van der Waals surface area (Å²) in [5.74, 6) is 0. The molecule has 0 N–H and O–H groups in total. The third kappa shape index (κ3) is 1.36. The zero-order valence-electron chi connectivity index (χ0n) is 5.35. The molecule has 0 bridgehead atoms. The molecule has 1 aliphatic heterocycles. The first-order valence-electron chi connectivity index (χ1n) is 2.67. The summed E-state index contributed by atoms with van der Waals surface area (Å²) in [5, 5.41) is 0. The third-order valence-corrected chi connectivity index (χ3v) is 1.62. The summed E-state index contributed by atoms with van der Waals surface area (Å²) >= 11 is 3.04. The maximum absolute atomic E-state index is 10.6. The molecule has 0 aliphatic carbocycles. The number of carbonyl (C=O) groups excluding carboxylic acids is 1. The molecule has 3 nitrogen and oxygen atoms in total. The lowest BCUT2D eigenvalue weighted by Crippen LogP contribution is -2.23. The Balaban J connectivity index is 2.65. The molecule has 0 unspecified atom stereocenters. The largest absolute Gasteiger partial charge is 0.441 e. The number of ether oxygens (including phenoxy) is 1. The van der Waals surface area contributed by atoms with Crippen LogP contribution in [0.25, 0.3) is 0 Å². The topological polar surface area (TPSA) is 29.5 Å². The summed E-state index contributed by atoms with van der Waals surface area (Å²) in [6.07, 6.45) is -0.306. The van der Waals surface area contributed by atoms with Gasteiger partial charge in [-0.25, -0.2) is 8.72 Å². The second kappa shape index (κ2) is 1.87. The van der Waals surface area contributed by atoms with Gasteiger partial charge < -0.3 is 4.74 Å². The average Bonchev–Trinajstić information content (AvgIpc) is 1.79. The molecule has 0 radical (unpaired) electrons. The maximum Gasteiger partial charge on any atom is 0.420 e. The fourth-order valence-corrected chi connectivity index (χ4v) is 1.39. The molecule has 1 saturated heterocycles. The molecule has 4 heteroatoms. The molecular weight excluding hydrogens is 186 g/mol. The molecule has 0 aromatic rings. The first-order valence-corrected chi connectivity index (χ1v) is 3.38. The van der Waals surface area contributed by atoms with E-state index in [1.807, 2.05) is 13.8 Å². The number of hydrogen-bond donors (Lipinski definition) is 0. The highest BCUT2D eigenvalue weighted by Gasteiger charge is 2.36. The molecule has 0 aromatic heterocycles. The van der Waals surface area contributed by atoms with E-state index in [0.29, 0.717) is 6.54 Å². The highest BCUT2D eigenvalue weighted by atomic mass is 79.9. The van der Waals surface area contributed by atoms with Crippen molar-refractivity contribution >= 4 is 22.2 Å². The van der Waals surface area contributed by atoms with Crippen molar-refractivity contribution in [2.24, 2.45) is 0 Å². The molecule has 0 aromatic carbocycles. The number of amides is 1. The third-order valence-electron chi connectivity index (χ3n) is 1.08. The molecule has 0 spiro atoms. The quantitative estimate of drug-likeness (QED) is 0.547. The molecule has 1 rings (SSSR count). The lowest BCUT2D eigenvalue weighted by molar-refractivity contribution is 0.0866. The van der Waals surface area contributed by atoms with Crippen molar-refractivity contribution in [3.63, 3.8) is 0 Å². The summed E-state index contributed by atoms with van der Waals surface area (Å²) in [6.45, 7) is 4.34. The van der Waals surface area contributed by atoms with Crippen LogP contribution < -0.4 is 0 Å². The van der Waals surface area contributed by atoms with Gasteiger partial charge in [-0.15, -0.1) is 0 Å². The van der Waals surface area contributed by atoms with Crippen molar-refractivity contribution in [2.45, 2.75) is 19.4 Å². The van der Waals surface area contributed by atoms with E-state index in [-0.39, 0.29) is 11.7 Å². The second-order valence-electron chi connectivity index (χ2n) is 2.65. The average molecular weight is 194 g/mol. The van der Waals surface area contributed by atoms with Crippen molar-refractivity contribution < 1.29 is 9.53 Å². The zero-order chi connectivity index (χ0) is 7.07. The van der Waals surface area contributed by atoms with E-state index in [9.17, 15) is 4.79 Å². The Hall–Kier alpha value is -0.250. The van der Waals surface area contributed by atoms with Gasteiger partial charge in [0.15, 0.2) is 0 Å². The van der Waals surface area contributed by atoms with Gasteiger partial charge in [0, 0.05) is 0 Å². The Bertz CT molecular complexity index is 146. The predicted molar refractivity (Wildman–Crippen MR) is 36.2 cm³/mol. The summed E-state index contributed by atoms with van der Waals surface area (Å²) in [6, 6.07) is 0. The molecule has 52 valence electrons. The zero-order valence-corrected chi connectivity index (χ0v) is 6.93. The van der Waals surface area contributed by atoms with Crippen LogP contribution in [0.3, 0.4) is 0 Å². The van der Waals surface area contributed by atoms with Crippen LogP contribution in [0.5, 0.6) is 0 Å². The highest BCUT2D eigenvalue weighted by molar-refractivity contribution is 9.07. The van der Waals surface area contributed by atoms with Gasteiger partial charge >= 0.3 is 6.09 Å². The van der Waals surface area contributed by atoms with Gasteiger partial charge in [-0.2, -0.15) is 0 Å². The lowest BCUT2D eigenvalue weighted by Gasteiger charge is -2.12. The van der Waals surface area contributed by atoms with Crippen LogP contribution in [-0.4, -0.2) is 22.2 Å². The molecule has 1 heterocycles. The van der Waals surface area contributed by atoms with Crippen molar-refractivity contribution in [2.75, 3.05) is 6.54 Å². The van der Waals surface area contributed by atoms with E-state index in [1.54, 1.807) is 0 Å². The van der Waals surface area contributed by atoms with Crippen molar-refractivity contribution in [1.82, 2.24) is 3.93 Å². The highest BCUT2D eigenvalue weighted by Crippen LogP contribution is 2.23. The van der Waals surface area contributed by atoms with E-state index < -0.39 is 0 Å². The minimum atomic E-state index is -0.333. The van der Waals surface area contributed by atoms with Gasteiger partial charge in [-0.3, -0.25) is 0 Å². The van der Waals surface area contributed by atoms with Gasteiger partial charge in [0.05, 0.1) is 22.7 Å². The van der Waals surface area contributed by atoms with Gasteiger partial charge in [0.25, 0.3) is 0 Å². The van der Waals surface area contributed by atoms with E-state index in [2.05, 4.69) is 16.1 Å². The Morgan fingerprint density at radius 3 is 2.44 bits per heavy atom.